The molecule has 1 fully saturated rings. The number of rotatable bonds is 5. The molecule has 0 aliphatic carbocycles. The van der Waals surface area contributed by atoms with Crippen molar-refractivity contribution in [3.8, 4) is 0 Å². The zero-order chi connectivity index (χ0) is 19.0. The van der Waals surface area contributed by atoms with Gasteiger partial charge in [-0.3, -0.25) is 4.90 Å². The van der Waals surface area contributed by atoms with Crippen LogP contribution < -0.4 is 4.90 Å². The summed E-state index contributed by atoms with van der Waals surface area (Å²) in [5.41, 5.74) is 1.28. The fraction of sp³-hybridized carbons (Fsp3) is 0.474. The van der Waals surface area contributed by atoms with E-state index in [0.29, 0.717) is 0 Å². The van der Waals surface area contributed by atoms with E-state index in [1.54, 1.807) is 22.7 Å². The molecular weight excluding hydrogens is 400 g/mol. The first kappa shape index (κ1) is 19.1. The SMILES string of the molecule is Cc1sc2nc(CN3CCOCC3)nc(N(C)Cc3ccc(Cl)s3)c2c1C. The second-order valence-electron chi connectivity index (χ2n) is 6.88. The quantitative estimate of drug-likeness (QED) is 0.605. The summed E-state index contributed by atoms with van der Waals surface area (Å²) >= 11 is 9.48. The maximum absolute atomic E-state index is 6.11. The van der Waals surface area contributed by atoms with Crippen molar-refractivity contribution < 1.29 is 4.74 Å². The van der Waals surface area contributed by atoms with E-state index in [2.05, 4.69) is 36.8 Å². The van der Waals surface area contributed by atoms with Crippen molar-refractivity contribution in [1.82, 2.24) is 14.9 Å². The van der Waals surface area contributed by atoms with Gasteiger partial charge in [-0.15, -0.1) is 22.7 Å². The molecule has 0 saturated carbocycles. The Balaban J connectivity index is 1.69. The summed E-state index contributed by atoms with van der Waals surface area (Å²) in [6.07, 6.45) is 0. The normalized spacial score (nSPS) is 15.6. The molecule has 0 bridgehead atoms. The maximum Gasteiger partial charge on any atom is 0.146 e. The van der Waals surface area contributed by atoms with Crippen LogP contribution in [-0.2, 0) is 17.8 Å². The van der Waals surface area contributed by atoms with E-state index < -0.39 is 0 Å². The topological polar surface area (TPSA) is 41.5 Å². The molecule has 3 aromatic heterocycles. The molecule has 0 radical (unpaired) electrons. The summed E-state index contributed by atoms with van der Waals surface area (Å²) in [4.78, 5) is 18.1. The monoisotopic (exact) mass is 422 g/mol. The van der Waals surface area contributed by atoms with Crippen molar-refractivity contribution in [2.45, 2.75) is 26.9 Å². The second-order valence-corrected chi connectivity index (χ2v) is 9.88. The molecule has 1 aliphatic rings. The van der Waals surface area contributed by atoms with Gasteiger partial charge in [-0.1, -0.05) is 11.6 Å². The molecule has 0 unspecified atom stereocenters. The van der Waals surface area contributed by atoms with Gasteiger partial charge in [0.05, 0.1) is 36.0 Å². The fourth-order valence-electron chi connectivity index (χ4n) is 3.32. The lowest BCUT2D eigenvalue weighted by molar-refractivity contribution is 0.0331. The third kappa shape index (κ3) is 4.12. The number of halogens is 1. The largest absolute Gasteiger partial charge is 0.379 e. The Morgan fingerprint density at radius 2 is 1.96 bits per heavy atom. The molecule has 0 amide bonds. The average molecular weight is 423 g/mol. The van der Waals surface area contributed by atoms with Crippen LogP contribution in [0, 0.1) is 13.8 Å². The van der Waals surface area contributed by atoms with Crippen LogP contribution in [0.25, 0.3) is 10.2 Å². The van der Waals surface area contributed by atoms with Crippen LogP contribution in [0.15, 0.2) is 12.1 Å². The highest BCUT2D eigenvalue weighted by molar-refractivity contribution is 7.18. The Morgan fingerprint density at radius 3 is 2.67 bits per heavy atom. The number of fused-ring (bicyclic) bond motifs is 1. The maximum atomic E-state index is 6.11. The van der Waals surface area contributed by atoms with Crippen molar-refractivity contribution in [1.29, 1.82) is 0 Å². The van der Waals surface area contributed by atoms with Crippen molar-refractivity contribution >= 4 is 50.3 Å². The number of hydrogen-bond acceptors (Lipinski definition) is 7. The summed E-state index contributed by atoms with van der Waals surface area (Å²) in [5.74, 6) is 1.89. The molecule has 4 heterocycles. The van der Waals surface area contributed by atoms with Crippen LogP contribution in [0.5, 0.6) is 0 Å². The van der Waals surface area contributed by atoms with Gasteiger partial charge >= 0.3 is 0 Å². The number of morpholine rings is 1. The second kappa shape index (κ2) is 8.01. The van der Waals surface area contributed by atoms with E-state index in [9.17, 15) is 0 Å². The Labute approximate surface area is 172 Å². The minimum atomic E-state index is 0.765. The standard InChI is InChI=1S/C19H23ClN4OS2/c1-12-13(2)26-19-17(12)18(23(3)10-14-4-5-15(20)27-14)21-16(22-19)11-24-6-8-25-9-7-24/h4-5H,6-11H2,1-3H3. The van der Waals surface area contributed by atoms with Crippen LogP contribution in [-0.4, -0.2) is 48.2 Å². The zero-order valence-electron chi connectivity index (χ0n) is 15.8. The summed E-state index contributed by atoms with van der Waals surface area (Å²) in [6, 6.07) is 4.04. The molecule has 3 aromatic rings. The predicted molar refractivity (Wildman–Crippen MR) is 114 cm³/mol. The van der Waals surface area contributed by atoms with Gasteiger partial charge in [0.1, 0.15) is 16.5 Å². The highest BCUT2D eigenvalue weighted by Crippen LogP contribution is 2.35. The minimum Gasteiger partial charge on any atom is -0.379 e. The van der Waals surface area contributed by atoms with Crippen molar-refractivity contribution in [3.05, 3.63) is 37.6 Å². The first-order chi connectivity index (χ1) is 13.0. The highest BCUT2D eigenvalue weighted by atomic mass is 35.5. The Bertz CT molecular complexity index is 949. The van der Waals surface area contributed by atoms with Gasteiger partial charge in [0.15, 0.2) is 0 Å². The Morgan fingerprint density at radius 1 is 1.19 bits per heavy atom. The molecule has 8 heteroatoms. The lowest BCUT2D eigenvalue weighted by Gasteiger charge is -2.26. The van der Waals surface area contributed by atoms with Gasteiger partial charge in [-0.2, -0.15) is 0 Å². The number of nitrogens with zero attached hydrogens (tertiary/aromatic N) is 4. The molecule has 4 rings (SSSR count). The molecule has 1 aliphatic heterocycles. The predicted octanol–water partition coefficient (Wildman–Crippen LogP) is 4.49. The molecule has 0 aromatic carbocycles. The smallest absolute Gasteiger partial charge is 0.146 e. The summed E-state index contributed by atoms with van der Waals surface area (Å²) in [7, 11) is 2.10. The molecular formula is C19H23ClN4OS2. The van der Waals surface area contributed by atoms with E-state index in [1.807, 2.05) is 6.07 Å². The summed E-state index contributed by atoms with van der Waals surface area (Å²) < 4.78 is 6.28. The Hall–Kier alpha value is -1.25. The number of ether oxygens (including phenoxy) is 1. The molecule has 0 N–H and O–H groups in total. The fourth-order valence-corrected chi connectivity index (χ4v) is 5.51. The highest BCUT2D eigenvalue weighted by Gasteiger charge is 2.20. The molecule has 5 nitrogen and oxygen atoms in total. The van der Waals surface area contributed by atoms with Gasteiger partial charge in [0.25, 0.3) is 0 Å². The van der Waals surface area contributed by atoms with Crippen LogP contribution in [0.2, 0.25) is 4.34 Å². The molecule has 0 atom stereocenters. The van der Waals surface area contributed by atoms with Crippen LogP contribution >= 0.6 is 34.3 Å². The summed E-state index contributed by atoms with van der Waals surface area (Å²) in [6.45, 7) is 9.31. The minimum absolute atomic E-state index is 0.765. The van der Waals surface area contributed by atoms with Crippen LogP contribution in [0.3, 0.4) is 0 Å². The van der Waals surface area contributed by atoms with Gasteiger partial charge in [-0.05, 0) is 31.5 Å². The van der Waals surface area contributed by atoms with Gasteiger partial charge in [0.2, 0.25) is 0 Å². The van der Waals surface area contributed by atoms with Gasteiger partial charge in [0, 0.05) is 29.9 Å². The van der Waals surface area contributed by atoms with Crippen molar-refractivity contribution in [3.63, 3.8) is 0 Å². The molecule has 27 heavy (non-hydrogen) atoms. The number of anilines is 1. The average Bonchev–Trinajstić information content (AvgIpc) is 3.18. The van der Waals surface area contributed by atoms with E-state index in [4.69, 9.17) is 26.3 Å². The van der Waals surface area contributed by atoms with Crippen LogP contribution in [0.1, 0.15) is 21.1 Å². The lowest BCUT2D eigenvalue weighted by Crippen LogP contribution is -2.36. The third-order valence-corrected chi connectivity index (χ3v) is 7.23. The summed E-state index contributed by atoms with van der Waals surface area (Å²) in [5, 5.41) is 1.17. The number of aryl methyl sites for hydroxylation is 2. The zero-order valence-corrected chi connectivity index (χ0v) is 18.2. The van der Waals surface area contributed by atoms with Crippen molar-refractivity contribution in [2.24, 2.45) is 0 Å². The lowest BCUT2D eigenvalue weighted by atomic mass is 10.2. The van der Waals surface area contributed by atoms with Crippen LogP contribution in [0.4, 0.5) is 5.82 Å². The third-order valence-electron chi connectivity index (χ3n) is 4.91. The molecule has 144 valence electrons. The Kier molecular flexibility index (Phi) is 5.66. The first-order valence-electron chi connectivity index (χ1n) is 9.03. The van der Waals surface area contributed by atoms with E-state index in [1.165, 1.54) is 20.7 Å². The van der Waals surface area contributed by atoms with E-state index in [-0.39, 0.29) is 0 Å². The van der Waals surface area contributed by atoms with E-state index >= 15 is 0 Å². The van der Waals surface area contributed by atoms with Gasteiger partial charge < -0.3 is 9.64 Å². The number of aromatic nitrogens is 2. The van der Waals surface area contributed by atoms with Crippen molar-refractivity contribution in [2.75, 3.05) is 38.3 Å². The molecule has 0 spiro atoms. The number of thiophene rings is 2. The molecule has 1 saturated heterocycles. The number of hydrogen-bond donors (Lipinski definition) is 0. The first-order valence-corrected chi connectivity index (χ1v) is 11.0. The van der Waals surface area contributed by atoms with E-state index in [0.717, 1.165) is 60.2 Å². The van der Waals surface area contributed by atoms with Gasteiger partial charge in [-0.25, -0.2) is 9.97 Å².